The number of para-hydroxylation sites is 1. The highest BCUT2D eigenvalue weighted by Gasteiger charge is 2.31. The molecule has 0 aliphatic carbocycles. The van der Waals surface area contributed by atoms with Gasteiger partial charge in [-0.1, -0.05) is 35.9 Å². The summed E-state index contributed by atoms with van der Waals surface area (Å²) in [4.78, 5) is 23.4. The molecule has 0 fully saturated rings. The normalized spacial score (nSPS) is 15.6. The number of benzene rings is 2. The molecular weight excluding hydrogens is 324 g/mol. The Balaban J connectivity index is 1.53. The summed E-state index contributed by atoms with van der Waals surface area (Å²) in [5, 5.41) is 3.14. The van der Waals surface area contributed by atoms with Gasteiger partial charge in [-0.15, -0.1) is 0 Å². The van der Waals surface area contributed by atoms with E-state index >= 15 is 0 Å². The summed E-state index contributed by atoms with van der Waals surface area (Å²) in [5.74, 6) is 0.407. The highest BCUT2D eigenvalue weighted by atomic mass is 16.2. The van der Waals surface area contributed by atoms with Crippen LogP contribution < -0.4 is 10.2 Å². The van der Waals surface area contributed by atoms with Gasteiger partial charge in [0.2, 0.25) is 5.95 Å². The molecule has 130 valence electrons. The van der Waals surface area contributed by atoms with Crippen molar-refractivity contribution >= 4 is 23.2 Å². The Hall–Kier alpha value is -3.21. The van der Waals surface area contributed by atoms with Crippen molar-refractivity contribution in [2.45, 2.75) is 26.3 Å². The molecular formula is C21H20N4O. The van der Waals surface area contributed by atoms with E-state index in [4.69, 9.17) is 0 Å². The summed E-state index contributed by atoms with van der Waals surface area (Å²) in [5.41, 5.74) is 4.77. The molecule has 4 rings (SSSR count). The van der Waals surface area contributed by atoms with Crippen LogP contribution in [-0.4, -0.2) is 21.9 Å². The van der Waals surface area contributed by atoms with E-state index in [2.05, 4.69) is 28.3 Å². The number of fused-ring (bicyclic) bond motifs is 1. The minimum Gasteiger partial charge on any atom is -0.324 e. The summed E-state index contributed by atoms with van der Waals surface area (Å²) in [7, 11) is 0. The number of nitrogens with zero attached hydrogens (tertiary/aromatic N) is 3. The van der Waals surface area contributed by atoms with E-state index in [9.17, 15) is 4.79 Å². The highest BCUT2D eigenvalue weighted by molar-refractivity contribution is 6.07. The first kappa shape index (κ1) is 16.3. The highest BCUT2D eigenvalue weighted by Crippen LogP contribution is 2.32. The first-order chi connectivity index (χ1) is 12.6. The van der Waals surface area contributed by atoms with Gasteiger partial charge in [-0.25, -0.2) is 9.97 Å². The summed E-state index contributed by atoms with van der Waals surface area (Å²) in [6.07, 6.45) is 4.04. The van der Waals surface area contributed by atoms with E-state index in [1.54, 1.807) is 12.4 Å². The number of rotatable bonds is 3. The first-order valence-electron chi connectivity index (χ1n) is 8.69. The van der Waals surface area contributed by atoms with Gasteiger partial charge >= 0.3 is 0 Å². The van der Waals surface area contributed by atoms with E-state index in [0.29, 0.717) is 11.5 Å². The van der Waals surface area contributed by atoms with E-state index in [1.807, 2.05) is 54.3 Å². The first-order valence-corrected chi connectivity index (χ1v) is 8.69. The van der Waals surface area contributed by atoms with Crippen molar-refractivity contribution in [3.63, 3.8) is 0 Å². The van der Waals surface area contributed by atoms with E-state index in [0.717, 1.165) is 17.8 Å². The molecule has 0 spiro atoms. The molecule has 0 saturated heterocycles. The monoisotopic (exact) mass is 344 g/mol. The minimum absolute atomic E-state index is 0.0654. The standard InChI is InChI=1S/C21H20N4O/c1-14-7-9-18(10-8-14)24-21-22-12-17(13-23-21)20(26)25-15(2)11-16-5-3-4-6-19(16)25/h3-10,12-13,15H,11H2,1-2H3,(H,22,23,24). The fourth-order valence-electron chi connectivity index (χ4n) is 3.28. The number of carbonyl (C=O) groups excluding carboxylic acids is 1. The number of carbonyl (C=O) groups is 1. The topological polar surface area (TPSA) is 58.1 Å². The maximum Gasteiger partial charge on any atom is 0.261 e. The number of amides is 1. The lowest BCUT2D eigenvalue weighted by atomic mass is 10.1. The Bertz CT molecular complexity index is 935. The summed E-state index contributed by atoms with van der Waals surface area (Å²) >= 11 is 0. The molecule has 1 N–H and O–H groups in total. The van der Waals surface area contributed by atoms with Crippen molar-refractivity contribution in [1.82, 2.24) is 9.97 Å². The fraction of sp³-hybridized carbons (Fsp3) is 0.190. The molecule has 1 aliphatic heterocycles. The number of nitrogens with one attached hydrogen (secondary N) is 1. The molecule has 0 bridgehead atoms. The number of aromatic nitrogens is 2. The molecule has 0 saturated carbocycles. The zero-order chi connectivity index (χ0) is 18.1. The zero-order valence-corrected chi connectivity index (χ0v) is 14.8. The summed E-state index contributed by atoms with van der Waals surface area (Å²) in [6, 6.07) is 16.1. The van der Waals surface area contributed by atoms with Crippen LogP contribution in [0.4, 0.5) is 17.3 Å². The van der Waals surface area contributed by atoms with Crippen LogP contribution in [0.1, 0.15) is 28.4 Å². The Labute approximate surface area is 152 Å². The third-order valence-corrected chi connectivity index (χ3v) is 4.63. The van der Waals surface area contributed by atoms with Gasteiger partial charge in [-0.05, 0) is 44.0 Å². The SMILES string of the molecule is Cc1ccc(Nc2ncc(C(=O)N3c4ccccc4CC3C)cn2)cc1. The van der Waals surface area contributed by atoms with Crippen LogP contribution in [0.25, 0.3) is 0 Å². The molecule has 0 radical (unpaired) electrons. The lowest BCUT2D eigenvalue weighted by Gasteiger charge is -2.22. The predicted molar refractivity (Wildman–Crippen MR) is 103 cm³/mol. The smallest absolute Gasteiger partial charge is 0.261 e. The number of aryl methyl sites for hydroxylation is 1. The molecule has 1 amide bonds. The molecule has 5 nitrogen and oxygen atoms in total. The van der Waals surface area contributed by atoms with Gasteiger partial charge < -0.3 is 10.2 Å². The van der Waals surface area contributed by atoms with Crippen LogP contribution in [0, 0.1) is 6.92 Å². The third kappa shape index (κ3) is 3.04. The van der Waals surface area contributed by atoms with Crippen molar-refractivity contribution in [3.8, 4) is 0 Å². The van der Waals surface area contributed by atoms with Crippen LogP contribution in [-0.2, 0) is 6.42 Å². The summed E-state index contributed by atoms with van der Waals surface area (Å²) < 4.78 is 0. The van der Waals surface area contributed by atoms with Crippen molar-refractivity contribution in [2.75, 3.05) is 10.2 Å². The second kappa shape index (κ2) is 6.59. The van der Waals surface area contributed by atoms with Gasteiger partial charge in [0.15, 0.2) is 0 Å². The van der Waals surface area contributed by atoms with Gasteiger partial charge in [0, 0.05) is 29.8 Å². The van der Waals surface area contributed by atoms with Crippen LogP contribution in [0.2, 0.25) is 0 Å². The molecule has 2 aromatic carbocycles. The second-order valence-corrected chi connectivity index (χ2v) is 6.64. The Morgan fingerprint density at radius 3 is 2.50 bits per heavy atom. The molecule has 1 unspecified atom stereocenters. The van der Waals surface area contributed by atoms with E-state index in [1.165, 1.54) is 11.1 Å². The second-order valence-electron chi connectivity index (χ2n) is 6.64. The maximum atomic E-state index is 13.0. The quantitative estimate of drug-likeness (QED) is 0.776. The number of anilines is 3. The average molecular weight is 344 g/mol. The molecule has 2 heterocycles. The molecule has 1 atom stereocenters. The Morgan fingerprint density at radius 2 is 1.77 bits per heavy atom. The molecule has 5 heteroatoms. The third-order valence-electron chi connectivity index (χ3n) is 4.63. The predicted octanol–water partition coefficient (Wildman–Crippen LogP) is 4.12. The molecule has 1 aliphatic rings. The van der Waals surface area contributed by atoms with Gasteiger partial charge in [0.25, 0.3) is 5.91 Å². The molecule has 1 aromatic heterocycles. The van der Waals surface area contributed by atoms with Gasteiger partial charge in [0.05, 0.1) is 5.56 Å². The lowest BCUT2D eigenvalue weighted by Crippen LogP contribution is -2.35. The minimum atomic E-state index is -0.0654. The van der Waals surface area contributed by atoms with E-state index < -0.39 is 0 Å². The zero-order valence-electron chi connectivity index (χ0n) is 14.8. The fourth-order valence-corrected chi connectivity index (χ4v) is 3.28. The van der Waals surface area contributed by atoms with Crippen LogP contribution in [0.3, 0.4) is 0 Å². The van der Waals surface area contributed by atoms with Crippen molar-refractivity contribution < 1.29 is 4.79 Å². The largest absolute Gasteiger partial charge is 0.324 e. The molecule has 3 aromatic rings. The van der Waals surface area contributed by atoms with Crippen molar-refractivity contribution in [3.05, 3.63) is 77.6 Å². The Morgan fingerprint density at radius 1 is 1.08 bits per heavy atom. The summed E-state index contributed by atoms with van der Waals surface area (Å²) in [6.45, 7) is 4.10. The lowest BCUT2D eigenvalue weighted by molar-refractivity contribution is 0.0981. The number of hydrogen-bond acceptors (Lipinski definition) is 4. The van der Waals surface area contributed by atoms with E-state index in [-0.39, 0.29) is 11.9 Å². The Kier molecular flexibility index (Phi) is 4.13. The van der Waals surface area contributed by atoms with Crippen molar-refractivity contribution in [1.29, 1.82) is 0 Å². The maximum absolute atomic E-state index is 13.0. The van der Waals surface area contributed by atoms with Crippen LogP contribution in [0.5, 0.6) is 0 Å². The van der Waals surface area contributed by atoms with Gasteiger partial charge in [-0.3, -0.25) is 4.79 Å². The van der Waals surface area contributed by atoms with Crippen LogP contribution in [0.15, 0.2) is 60.9 Å². The molecule has 26 heavy (non-hydrogen) atoms. The number of hydrogen-bond donors (Lipinski definition) is 1. The van der Waals surface area contributed by atoms with Crippen molar-refractivity contribution in [2.24, 2.45) is 0 Å². The van der Waals surface area contributed by atoms with Gasteiger partial charge in [0.1, 0.15) is 0 Å². The average Bonchev–Trinajstić information content (AvgIpc) is 2.99. The van der Waals surface area contributed by atoms with Gasteiger partial charge in [-0.2, -0.15) is 0 Å². The van der Waals surface area contributed by atoms with Crippen LogP contribution >= 0.6 is 0 Å².